The molecule has 7 heteroatoms. The molecule has 0 aliphatic heterocycles. The Morgan fingerprint density at radius 2 is 2.25 bits per heavy atom. The topological polar surface area (TPSA) is 108 Å². The molecule has 1 heterocycles. The largest absolute Gasteiger partial charge is 0.365 e. The first-order valence-electron chi connectivity index (χ1n) is 4.42. The van der Waals surface area contributed by atoms with E-state index in [0.717, 1.165) is 5.56 Å². The molecule has 0 atom stereocenters. The summed E-state index contributed by atoms with van der Waals surface area (Å²) in [6.07, 6.45) is 0. The number of non-ortho nitro benzene ring substituents is 1. The van der Waals surface area contributed by atoms with E-state index in [9.17, 15) is 10.1 Å². The van der Waals surface area contributed by atoms with Crippen LogP contribution >= 0.6 is 0 Å². The zero-order chi connectivity index (χ0) is 11.7. The maximum Gasteiger partial charge on any atom is 0.270 e. The van der Waals surface area contributed by atoms with Gasteiger partial charge in [0, 0.05) is 17.7 Å². The Bertz CT molecular complexity index is 549. The summed E-state index contributed by atoms with van der Waals surface area (Å²) < 4.78 is 4.86. The third-order valence-electron chi connectivity index (χ3n) is 2.10. The molecule has 0 aliphatic carbocycles. The van der Waals surface area contributed by atoms with E-state index in [0.29, 0.717) is 5.56 Å². The van der Waals surface area contributed by atoms with Gasteiger partial charge >= 0.3 is 0 Å². The zero-order valence-electron chi connectivity index (χ0n) is 8.38. The van der Waals surface area contributed by atoms with Gasteiger partial charge in [0.15, 0.2) is 0 Å². The first kappa shape index (κ1) is 10.1. The lowest BCUT2D eigenvalue weighted by Crippen LogP contribution is -1.91. The predicted octanol–water partition coefficient (Wildman–Crippen LogP) is 1.54. The summed E-state index contributed by atoms with van der Waals surface area (Å²) in [6, 6.07) is 4.41. The molecule has 2 rings (SSSR count). The molecule has 0 fully saturated rings. The fourth-order valence-electron chi connectivity index (χ4n) is 1.30. The molecule has 1 aromatic heterocycles. The average molecular weight is 220 g/mol. The second-order valence-electron chi connectivity index (χ2n) is 3.21. The first-order valence-corrected chi connectivity index (χ1v) is 4.42. The molecule has 0 bridgehead atoms. The quantitative estimate of drug-likeness (QED) is 0.607. The van der Waals surface area contributed by atoms with Gasteiger partial charge < -0.3 is 10.3 Å². The van der Waals surface area contributed by atoms with Gasteiger partial charge in [-0.3, -0.25) is 10.1 Å². The van der Waals surface area contributed by atoms with Crippen LogP contribution in [0.4, 0.5) is 11.6 Å². The fourth-order valence-corrected chi connectivity index (χ4v) is 1.30. The molecule has 1 aromatic carbocycles. The van der Waals surface area contributed by atoms with Crippen molar-refractivity contribution in [3.8, 4) is 11.5 Å². The SMILES string of the molecule is Cc1ccc([N+](=O)[O-])cc1-c1nc(N)no1. The number of rotatable bonds is 2. The van der Waals surface area contributed by atoms with E-state index >= 15 is 0 Å². The van der Waals surface area contributed by atoms with Gasteiger partial charge in [0.25, 0.3) is 17.5 Å². The molecule has 0 aliphatic rings. The molecule has 82 valence electrons. The van der Waals surface area contributed by atoms with Gasteiger partial charge in [-0.1, -0.05) is 6.07 Å². The Morgan fingerprint density at radius 3 is 2.81 bits per heavy atom. The van der Waals surface area contributed by atoms with Crippen LogP contribution in [-0.2, 0) is 0 Å². The number of aryl methyl sites for hydroxylation is 1. The van der Waals surface area contributed by atoms with Crippen LogP contribution in [0.5, 0.6) is 0 Å². The highest BCUT2D eigenvalue weighted by Crippen LogP contribution is 2.26. The van der Waals surface area contributed by atoms with Crippen LogP contribution in [0.25, 0.3) is 11.5 Å². The lowest BCUT2D eigenvalue weighted by Gasteiger charge is -1.99. The highest BCUT2D eigenvalue weighted by Gasteiger charge is 2.14. The molecule has 0 unspecified atom stereocenters. The Labute approximate surface area is 90.0 Å². The minimum absolute atomic E-state index is 0.000839. The molecule has 0 amide bonds. The molecular weight excluding hydrogens is 212 g/mol. The summed E-state index contributed by atoms with van der Waals surface area (Å²) in [4.78, 5) is 14.0. The second kappa shape index (κ2) is 3.61. The maximum absolute atomic E-state index is 10.6. The van der Waals surface area contributed by atoms with E-state index in [1.54, 1.807) is 13.0 Å². The number of nitro groups is 1. The highest BCUT2D eigenvalue weighted by molar-refractivity contribution is 5.62. The van der Waals surface area contributed by atoms with Gasteiger partial charge in [-0.05, 0) is 17.6 Å². The van der Waals surface area contributed by atoms with Gasteiger partial charge in [-0.25, -0.2) is 0 Å². The maximum atomic E-state index is 10.6. The van der Waals surface area contributed by atoms with E-state index < -0.39 is 4.92 Å². The minimum Gasteiger partial charge on any atom is -0.365 e. The standard InChI is InChI=1S/C9H8N4O3/c1-5-2-3-6(13(14)15)4-7(5)8-11-9(10)12-16-8/h2-4H,1H3,(H2,10,12). The molecule has 0 saturated carbocycles. The number of hydrogen-bond donors (Lipinski definition) is 1. The summed E-state index contributed by atoms with van der Waals surface area (Å²) >= 11 is 0. The summed E-state index contributed by atoms with van der Waals surface area (Å²) in [5, 5.41) is 14.0. The van der Waals surface area contributed by atoms with E-state index in [4.69, 9.17) is 10.3 Å². The van der Waals surface area contributed by atoms with E-state index in [-0.39, 0.29) is 17.5 Å². The molecule has 0 spiro atoms. The monoisotopic (exact) mass is 220 g/mol. The van der Waals surface area contributed by atoms with Crippen molar-refractivity contribution in [2.45, 2.75) is 6.92 Å². The molecule has 16 heavy (non-hydrogen) atoms. The number of anilines is 1. The van der Waals surface area contributed by atoms with Gasteiger partial charge in [0.05, 0.1) is 4.92 Å². The minimum atomic E-state index is -0.483. The van der Waals surface area contributed by atoms with Crippen LogP contribution in [0.1, 0.15) is 5.56 Å². The molecule has 0 saturated heterocycles. The molecule has 2 aromatic rings. The number of nitrogen functional groups attached to an aromatic ring is 1. The Kier molecular flexibility index (Phi) is 2.28. The lowest BCUT2D eigenvalue weighted by atomic mass is 10.1. The Balaban J connectivity index is 2.55. The number of hydrogen-bond acceptors (Lipinski definition) is 6. The number of nitrogens with two attached hydrogens (primary N) is 1. The summed E-state index contributed by atoms with van der Waals surface area (Å²) in [5.41, 5.74) is 6.60. The summed E-state index contributed by atoms with van der Waals surface area (Å²) in [6.45, 7) is 1.79. The van der Waals surface area contributed by atoms with E-state index in [2.05, 4.69) is 10.1 Å². The van der Waals surface area contributed by atoms with Crippen LogP contribution in [0.3, 0.4) is 0 Å². The summed E-state index contributed by atoms with van der Waals surface area (Å²) in [7, 11) is 0. The van der Waals surface area contributed by atoms with Crippen LogP contribution in [0, 0.1) is 17.0 Å². The second-order valence-corrected chi connectivity index (χ2v) is 3.21. The third kappa shape index (κ3) is 1.70. The smallest absolute Gasteiger partial charge is 0.270 e. The van der Waals surface area contributed by atoms with Gasteiger partial charge in [0.1, 0.15) is 0 Å². The average Bonchev–Trinajstić information content (AvgIpc) is 2.65. The molecule has 7 nitrogen and oxygen atoms in total. The Hall–Kier alpha value is -2.44. The highest BCUT2D eigenvalue weighted by atomic mass is 16.6. The van der Waals surface area contributed by atoms with Crippen LogP contribution < -0.4 is 5.73 Å². The van der Waals surface area contributed by atoms with Crippen LogP contribution in [-0.4, -0.2) is 15.1 Å². The van der Waals surface area contributed by atoms with Gasteiger partial charge in [-0.15, -0.1) is 0 Å². The van der Waals surface area contributed by atoms with Crippen molar-refractivity contribution in [3.05, 3.63) is 33.9 Å². The number of nitro benzene ring substituents is 1. The van der Waals surface area contributed by atoms with Crippen molar-refractivity contribution in [3.63, 3.8) is 0 Å². The molecule has 0 radical (unpaired) electrons. The van der Waals surface area contributed by atoms with Crippen LogP contribution in [0.2, 0.25) is 0 Å². The fraction of sp³-hybridized carbons (Fsp3) is 0.111. The van der Waals surface area contributed by atoms with E-state index in [1.165, 1.54) is 12.1 Å². The van der Waals surface area contributed by atoms with E-state index in [1.807, 2.05) is 0 Å². The van der Waals surface area contributed by atoms with Gasteiger partial charge in [-0.2, -0.15) is 4.98 Å². The molecular formula is C9H8N4O3. The van der Waals surface area contributed by atoms with Crippen LogP contribution in [0.15, 0.2) is 22.7 Å². The van der Waals surface area contributed by atoms with Crippen molar-refractivity contribution in [1.29, 1.82) is 0 Å². The first-order chi connectivity index (χ1) is 7.58. The molecule has 2 N–H and O–H groups in total. The number of aromatic nitrogens is 2. The zero-order valence-corrected chi connectivity index (χ0v) is 8.38. The van der Waals surface area contributed by atoms with Crippen molar-refractivity contribution in [2.24, 2.45) is 0 Å². The number of benzene rings is 1. The normalized spacial score (nSPS) is 10.3. The Morgan fingerprint density at radius 1 is 1.50 bits per heavy atom. The van der Waals surface area contributed by atoms with Gasteiger partial charge in [0.2, 0.25) is 0 Å². The third-order valence-corrected chi connectivity index (χ3v) is 2.10. The predicted molar refractivity (Wildman–Crippen MR) is 55.5 cm³/mol. The van der Waals surface area contributed by atoms with Crippen molar-refractivity contribution >= 4 is 11.6 Å². The summed E-state index contributed by atoms with van der Waals surface area (Å²) in [5.74, 6) is 0.180. The lowest BCUT2D eigenvalue weighted by molar-refractivity contribution is -0.384. The van der Waals surface area contributed by atoms with Crippen molar-refractivity contribution in [2.75, 3.05) is 5.73 Å². The van der Waals surface area contributed by atoms with Crippen molar-refractivity contribution in [1.82, 2.24) is 10.1 Å². The number of nitrogens with zero attached hydrogens (tertiary/aromatic N) is 3. The van der Waals surface area contributed by atoms with Crippen molar-refractivity contribution < 1.29 is 9.45 Å².